The van der Waals surface area contributed by atoms with E-state index in [0.717, 1.165) is 22.4 Å². The minimum absolute atomic E-state index is 0.0312. The highest BCUT2D eigenvalue weighted by Gasteiger charge is 2.47. The van der Waals surface area contributed by atoms with Crippen LogP contribution in [0, 0.1) is 0 Å². The molecule has 1 aromatic heterocycles. The molecule has 6 aromatic rings. The Hall–Kier alpha value is -4.77. The Kier molecular flexibility index (Phi) is 4.00. The zero-order valence-corrected chi connectivity index (χ0v) is 19.4. The van der Waals surface area contributed by atoms with Crippen molar-refractivity contribution in [3.05, 3.63) is 121 Å². The molecule has 0 saturated heterocycles. The topological polar surface area (TPSA) is 32.5 Å². The molecule has 0 unspecified atom stereocenters. The Morgan fingerprint density at radius 2 is 1.19 bits per heavy atom. The Labute approximate surface area is 209 Å². The number of nitrogens with zero attached hydrogens (tertiary/aromatic N) is 3. The maximum Gasteiger partial charge on any atom is 0.421 e. The molecule has 0 fully saturated rings. The van der Waals surface area contributed by atoms with Gasteiger partial charge in [0.1, 0.15) is 5.52 Å². The van der Waals surface area contributed by atoms with Gasteiger partial charge in [-0.2, -0.15) is 0 Å². The van der Waals surface area contributed by atoms with Crippen molar-refractivity contribution < 1.29 is 4.42 Å². The molecule has 0 atom stereocenters. The van der Waals surface area contributed by atoms with Crippen LogP contribution in [0.3, 0.4) is 0 Å². The van der Waals surface area contributed by atoms with E-state index in [9.17, 15) is 0 Å². The summed E-state index contributed by atoms with van der Waals surface area (Å²) < 4.78 is 6.01. The van der Waals surface area contributed by atoms with Crippen LogP contribution in [0.25, 0.3) is 33.7 Å². The molecule has 2 aliphatic heterocycles. The summed E-state index contributed by atoms with van der Waals surface area (Å²) in [6.07, 6.45) is 0. The first kappa shape index (κ1) is 19.5. The third kappa shape index (κ3) is 2.68. The van der Waals surface area contributed by atoms with Crippen LogP contribution in [0.5, 0.6) is 0 Å². The van der Waals surface area contributed by atoms with Crippen molar-refractivity contribution in [3.8, 4) is 22.6 Å². The standard InChI is InChI=1S/C31H20BN3O/c1-3-11-25-23(9-1)24-10-2-5-13-27(24)35-29-15-7-6-14-28(29)34(32(25)35)22-19-17-21(18-20-22)31-33-26-12-4-8-16-30(26)36-31/h1-20H. The van der Waals surface area contributed by atoms with Gasteiger partial charge in [-0.1, -0.05) is 66.7 Å². The number of rotatable bonds is 2. The predicted octanol–water partition coefficient (Wildman–Crippen LogP) is 7.16. The lowest BCUT2D eigenvalue weighted by Gasteiger charge is -2.36. The molecule has 168 valence electrons. The van der Waals surface area contributed by atoms with Crippen LogP contribution in [-0.2, 0) is 0 Å². The highest BCUT2D eigenvalue weighted by molar-refractivity contribution is 6.86. The summed E-state index contributed by atoms with van der Waals surface area (Å²) in [6.45, 7) is 0.0312. The number of aromatic nitrogens is 1. The summed E-state index contributed by atoms with van der Waals surface area (Å²) in [4.78, 5) is 9.60. The predicted molar refractivity (Wildman–Crippen MR) is 147 cm³/mol. The van der Waals surface area contributed by atoms with Crippen molar-refractivity contribution in [2.24, 2.45) is 0 Å². The van der Waals surface area contributed by atoms with Crippen LogP contribution < -0.4 is 15.1 Å². The lowest BCUT2D eigenvalue weighted by atomic mass is 9.59. The fraction of sp³-hybridized carbons (Fsp3) is 0. The van der Waals surface area contributed by atoms with Gasteiger partial charge in [0.2, 0.25) is 5.89 Å². The zero-order chi connectivity index (χ0) is 23.6. The fourth-order valence-corrected chi connectivity index (χ4v) is 5.71. The molecule has 0 bridgehead atoms. The first-order valence-corrected chi connectivity index (χ1v) is 12.2. The van der Waals surface area contributed by atoms with Crippen LogP contribution in [0.1, 0.15) is 0 Å². The Balaban J connectivity index is 1.29. The number of hydrogen-bond donors (Lipinski definition) is 0. The van der Waals surface area contributed by atoms with E-state index in [1.165, 1.54) is 33.7 Å². The van der Waals surface area contributed by atoms with E-state index in [0.29, 0.717) is 5.89 Å². The van der Waals surface area contributed by atoms with E-state index in [1.54, 1.807) is 0 Å². The third-order valence-corrected chi connectivity index (χ3v) is 7.27. The van der Waals surface area contributed by atoms with Gasteiger partial charge in [-0.25, -0.2) is 4.98 Å². The summed E-state index contributed by atoms with van der Waals surface area (Å²) in [7, 11) is 0. The SMILES string of the molecule is c1ccc2c(c1)B1N(c3ccc(-c4nc5ccccc5o4)cc3)c3ccccc3N1c1ccccc1-2. The molecule has 5 heteroatoms. The average molecular weight is 461 g/mol. The molecule has 0 amide bonds. The molecule has 3 heterocycles. The molecule has 0 saturated carbocycles. The number of para-hydroxylation sites is 5. The summed E-state index contributed by atoms with van der Waals surface area (Å²) in [5.41, 5.74) is 11.3. The van der Waals surface area contributed by atoms with Crippen molar-refractivity contribution in [2.75, 3.05) is 9.62 Å². The van der Waals surface area contributed by atoms with Crippen molar-refractivity contribution >= 4 is 46.3 Å². The second kappa shape index (κ2) is 7.36. The van der Waals surface area contributed by atoms with Crippen LogP contribution in [0.2, 0.25) is 0 Å². The van der Waals surface area contributed by atoms with E-state index in [-0.39, 0.29) is 6.98 Å². The average Bonchev–Trinajstić information content (AvgIpc) is 3.53. The van der Waals surface area contributed by atoms with E-state index in [4.69, 9.17) is 4.42 Å². The van der Waals surface area contributed by atoms with E-state index < -0.39 is 0 Å². The van der Waals surface area contributed by atoms with Gasteiger partial charge in [-0.3, -0.25) is 0 Å². The van der Waals surface area contributed by atoms with Crippen LogP contribution in [-0.4, -0.2) is 12.0 Å². The molecule has 0 radical (unpaired) electrons. The molecule has 0 spiro atoms. The Bertz CT molecular complexity index is 1740. The van der Waals surface area contributed by atoms with Crippen molar-refractivity contribution in [2.45, 2.75) is 0 Å². The second-order valence-electron chi connectivity index (χ2n) is 9.24. The minimum Gasteiger partial charge on any atom is -0.436 e. The fourth-order valence-electron chi connectivity index (χ4n) is 5.71. The zero-order valence-electron chi connectivity index (χ0n) is 19.4. The number of hydrogen-bond acceptors (Lipinski definition) is 4. The third-order valence-electron chi connectivity index (χ3n) is 7.27. The summed E-state index contributed by atoms with van der Waals surface area (Å²) in [5, 5.41) is 0. The number of anilines is 4. The van der Waals surface area contributed by atoms with Gasteiger partial charge in [-0.05, 0) is 65.6 Å². The number of fused-ring (bicyclic) bond motifs is 9. The van der Waals surface area contributed by atoms with Gasteiger partial charge in [-0.15, -0.1) is 0 Å². The highest BCUT2D eigenvalue weighted by atomic mass is 16.3. The van der Waals surface area contributed by atoms with Crippen LogP contribution in [0.15, 0.2) is 126 Å². The van der Waals surface area contributed by atoms with Crippen LogP contribution >= 0.6 is 0 Å². The molecule has 4 nitrogen and oxygen atoms in total. The maximum absolute atomic E-state index is 6.01. The smallest absolute Gasteiger partial charge is 0.421 e. The summed E-state index contributed by atoms with van der Waals surface area (Å²) >= 11 is 0. The maximum atomic E-state index is 6.01. The highest BCUT2D eigenvalue weighted by Crippen LogP contribution is 2.50. The van der Waals surface area contributed by atoms with E-state index >= 15 is 0 Å². The molecule has 0 aliphatic carbocycles. The van der Waals surface area contributed by atoms with E-state index in [1.807, 2.05) is 24.3 Å². The molecule has 8 rings (SSSR count). The lowest BCUT2D eigenvalue weighted by Crippen LogP contribution is -2.55. The molecule has 0 N–H and O–H groups in total. The Morgan fingerprint density at radius 1 is 0.556 bits per heavy atom. The monoisotopic (exact) mass is 461 g/mol. The molecular weight excluding hydrogens is 441 g/mol. The van der Waals surface area contributed by atoms with Crippen LogP contribution in [0.4, 0.5) is 22.7 Å². The molecular formula is C31H20BN3O. The Morgan fingerprint density at radius 3 is 2.00 bits per heavy atom. The van der Waals surface area contributed by atoms with Gasteiger partial charge in [0.15, 0.2) is 5.58 Å². The van der Waals surface area contributed by atoms with Gasteiger partial charge < -0.3 is 14.0 Å². The van der Waals surface area contributed by atoms with Crippen molar-refractivity contribution in [1.29, 1.82) is 0 Å². The summed E-state index contributed by atoms with van der Waals surface area (Å²) in [5.74, 6) is 0.642. The summed E-state index contributed by atoms with van der Waals surface area (Å²) in [6, 6.07) is 42.6. The first-order valence-electron chi connectivity index (χ1n) is 12.2. The van der Waals surface area contributed by atoms with Gasteiger partial charge in [0.05, 0.1) is 11.4 Å². The molecule has 5 aromatic carbocycles. The quantitative estimate of drug-likeness (QED) is 0.256. The first-order chi connectivity index (χ1) is 17.9. The van der Waals surface area contributed by atoms with Gasteiger partial charge >= 0.3 is 6.98 Å². The van der Waals surface area contributed by atoms with Crippen molar-refractivity contribution in [1.82, 2.24) is 4.98 Å². The van der Waals surface area contributed by atoms with Gasteiger partial charge in [0, 0.05) is 22.5 Å². The molecule has 2 aliphatic rings. The largest absolute Gasteiger partial charge is 0.436 e. The van der Waals surface area contributed by atoms with Gasteiger partial charge in [0.25, 0.3) is 0 Å². The second-order valence-corrected chi connectivity index (χ2v) is 9.24. The van der Waals surface area contributed by atoms with E-state index in [2.05, 4.69) is 112 Å². The number of oxazole rings is 1. The molecule has 36 heavy (non-hydrogen) atoms. The number of benzene rings is 5. The minimum atomic E-state index is 0.0312. The van der Waals surface area contributed by atoms with Crippen molar-refractivity contribution in [3.63, 3.8) is 0 Å². The normalized spacial score (nSPS) is 13.4. The lowest BCUT2D eigenvalue weighted by molar-refractivity contribution is 0.620.